The van der Waals surface area contributed by atoms with E-state index in [1.807, 2.05) is 17.5 Å². The molecule has 1 aromatic carbocycles. The molecule has 2 aromatic rings. The Kier molecular flexibility index (Phi) is 5.66. The van der Waals surface area contributed by atoms with Gasteiger partial charge in [0.2, 0.25) is 0 Å². The van der Waals surface area contributed by atoms with Gasteiger partial charge in [0.05, 0.1) is 17.1 Å². The molecule has 2 atom stereocenters. The Bertz CT molecular complexity index is 645. The zero-order chi connectivity index (χ0) is 16.9. The van der Waals surface area contributed by atoms with Crippen molar-refractivity contribution in [2.24, 2.45) is 0 Å². The van der Waals surface area contributed by atoms with Crippen LogP contribution in [-0.4, -0.2) is 36.1 Å². The fraction of sp³-hybridized carbons (Fsp3) is 0.421. The maximum absolute atomic E-state index is 12.0. The number of benzene rings is 1. The number of hydrogen-bond donors (Lipinski definition) is 1. The van der Waals surface area contributed by atoms with Crippen molar-refractivity contribution in [3.05, 3.63) is 57.8 Å². The lowest BCUT2D eigenvalue weighted by molar-refractivity contribution is -0.0704. The number of thiophene rings is 1. The molecule has 4 nitrogen and oxygen atoms in total. The van der Waals surface area contributed by atoms with Gasteiger partial charge in [-0.15, -0.1) is 11.3 Å². The number of nitrogens with one attached hydrogen (secondary N) is 1. The predicted molar refractivity (Wildman–Crippen MR) is 97.2 cm³/mol. The molecule has 2 unspecified atom stereocenters. The minimum absolute atomic E-state index is 0.00892. The number of rotatable bonds is 5. The predicted octanol–water partition coefficient (Wildman–Crippen LogP) is 3.29. The van der Waals surface area contributed by atoms with E-state index < -0.39 is 0 Å². The van der Waals surface area contributed by atoms with E-state index in [1.54, 1.807) is 0 Å². The molecule has 0 aliphatic carbocycles. The molecule has 1 aliphatic rings. The van der Waals surface area contributed by atoms with Crippen LogP contribution < -0.4 is 5.32 Å². The van der Waals surface area contributed by atoms with E-state index in [0.29, 0.717) is 18.8 Å². The van der Waals surface area contributed by atoms with Crippen LogP contribution in [0.5, 0.6) is 0 Å². The summed E-state index contributed by atoms with van der Waals surface area (Å²) in [6, 6.07) is 12.2. The van der Waals surface area contributed by atoms with Crippen LogP contribution in [0.4, 0.5) is 0 Å². The lowest BCUT2D eigenvalue weighted by atomic mass is 10.1. The van der Waals surface area contributed by atoms with Crippen molar-refractivity contribution in [2.45, 2.75) is 39.1 Å². The Morgan fingerprint density at radius 3 is 2.46 bits per heavy atom. The number of ether oxygens (including phenoxy) is 1. The number of amides is 1. The zero-order valence-corrected chi connectivity index (χ0v) is 15.0. The standard InChI is InChI=1S/C19H24N2O2S/c1-14-11-21(12-15(2)23-14)13-17-7-5-16(6-8-17)10-20-19(22)18-4-3-9-24-18/h3-9,14-15H,10-13H2,1-2H3,(H,20,22). The van der Waals surface area contributed by atoms with Crippen LogP contribution in [0.1, 0.15) is 34.6 Å². The molecule has 1 amide bonds. The first-order valence-electron chi connectivity index (χ1n) is 8.37. The van der Waals surface area contributed by atoms with Crippen molar-refractivity contribution in [3.8, 4) is 0 Å². The molecule has 1 N–H and O–H groups in total. The zero-order valence-electron chi connectivity index (χ0n) is 14.2. The van der Waals surface area contributed by atoms with Gasteiger partial charge in [-0.05, 0) is 36.4 Å². The van der Waals surface area contributed by atoms with E-state index in [1.165, 1.54) is 16.9 Å². The first kappa shape index (κ1) is 17.1. The summed E-state index contributed by atoms with van der Waals surface area (Å²) in [6.07, 6.45) is 0.584. The van der Waals surface area contributed by atoms with E-state index in [-0.39, 0.29) is 5.91 Å². The second-order valence-corrected chi connectivity index (χ2v) is 7.38. The third-order valence-corrected chi connectivity index (χ3v) is 4.99. The molecule has 0 spiro atoms. The summed E-state index contributed by atoms with van der Waals surface area (Å²) in [5, 5.41) is 4.87. The number of nitrogens with zero attached hydrogens (tertiary/aromatic N) is 1. The molecular weight excluding hydrogens is 320 g/mol. The van der Waals surface area contributed by atoms with E-state index >= 15 is 0 Å². The molecule has 0 bridgehead atoms. The highest BCUT2D eigenvalue weighted by Crippen LogP contribution is 2.15. The molecular formula is C19H24N2O2S. The lowest BCUT2D eigenvalue weighted by Crippen LogP contribution is -2.44. The van der Waals surface area contributed by atoms with Gasteiger partial charge < -0.3 is 10.1 Å². The molecule has 1 aromatic heterocycles. The number of hydrogen-bond acceptors (Lipinski definition) is 4. The first-order valence-corrected chi connectivity index (χ1v) is 9.25. The maximum atomic E-state index is 12.0. The molecule has 2 heterocycles. The van der Waals surface area contributed by atoms with Gasteiger partial charge in [0.25, 0.3) is 5.91 Å². The second kappa shape index (κ2) is 7.92. The van der Waals surface area contributed by atoms with Crippen molar-refractivity contribution in [3.63, 3.8) is 0 Å². The molecule has 5 heteroatoms. The Balaban J connectivity index is 1.51. The van der Waals surface area contributed by atoms with Gasteiger partial charge in [-0.1, -0.05) is 30.3 Å². The summed E-state index contributed by atoms with van der Waals surface area (Å²) < 4.78 is 5.78. The van der Waals surface area contributed by atoms with Gasteiger partial charge in [-0.3, -0.25) is 9.69 Å². The minimum Gasteiger partial charge on any atom is -0.373 e. The van der Waals surface area contributed by atoms with Gasteiger partial charge in [0, 0.05) is 26.2 Å². The third-order valence-electron chi connectivity index (χ3n) is 4.12. The molecule has 0 radical (unpaired) electrons. The van der Waals surface area contributed by atoms with Gasteiger partial charge in [0.15, 0.2) is 0 Å². The Morgan fingerprint density at radius 1 is 1.17 bits per heavy atom. The Hall–Kier alpha value is -1.69. The fourth-order valence-corrected chi connectivity index (χ4v) is 3.75. The topological polar surface area (TPSA) is 41.6 Å². The van der Waals surface area contributed by atoms with E-state index in [9.17, 15) is 4.79 Å². The number of carbonyl (C=O) groups is 1. The monoisotopic (exact) mass is 344 g/mol. The van der Waals surface area contributed by atoms with Gasteiger partial charge in [0.1, 0.15) is 0 Å². The highest BCUT2D eigenvalue weighted by molar-refractivity contribution is 7.12. The third kappa shape index (κ3) is 4.66. The van der Waals surface area contributed by atoms with E-state index in [0.717, 1.165) is 30.1 Å². The van der Waals surface area contributed by atoms with Gasteiger partial charge >= 0.3 is 0 Å². The Morgan fingerprint density at radius 2 is 1.83 bits per heavy atom. The quantitative estimate of drug-likeness (QED) is 0.905. The van der Waals surface area contributed by atoms with Crippen LogP contribution in [-0.2, 0) is 17.8 Å². The average molecular weight is 344 g/mol. The van der Waals surface area contributed by atoms with Crippen LogP contribution in [0.15, 0.2) is 41.8 Å². The molecule has 1 saturated heterocycles. The van der Waals surface area contributed by atoms with Crippen LogP contribution in [0.3, 0.4) is 0 Å². The highest BCUT2D eigenvalue weighted by Gasteiger charge is 2.21. The van der Waals surface area contributed by atoms with Crippen LogP contribution >= 0.6 is 11.3 Å². The largest absolute Gasteiger partial charge is 0.373 e. The number of carbonyl (C=O) groups excluding carboxylic acids is 1. The molecule has 3 rings (SSSR count). The van der Waals surface area contributed by atoms with Gasteiger partial charge in [-0.2, -0.15) is 0 Å². The molecule has 24 heavy (non-hydrogen) atoms. The lowest BCUT2D eigenvalue weighted by Gasteiger charge is -2.35. The highest BCUT2D eigenvalue weighted by atomic mass is 32.1. The van der Waals surface area contributed by atoms with E-state index in [2.05, 4.69) is 48.3 Å². The average Bonchev–Trinajstić information content (AvgIpc) is 3.07. The summed E-state index contributed by atoms with van der Waals surface area (Å²) in [4.78, 5) is 15.1. The maximum Gasteiger partial charge on any atom is 0.261 e. The smallest absolute Gasteiger partial charge is 0.261 e. The molecule has 0 saturated carbocycles. The van der Waals surface area contributed by atoms with Crippen LogP contribution in [0.25, 0.3) is 0 Å². The molecule has 1 fully saturated rings. The fourth-order valence-electron chi connectivity index (χ4n) is 3.11. The first-order chi connectivity index (χ1) is 11.6. The van der Waals surface area contributed by atoms with Crippen LogP contribution in [0, 0.1) is 0 Å². The van der Waals surface area contributed by atoms with E-state index in [4.69, 9.17) is 4.74 Å². The van der Waals surface area contributed by atoms with Crippen molar-refractivity contribution in [2.75, 3.05) is 13.1 Å². The summed E-state index contributed by atoms with van der Waals surface area (Å²) in [7, 11) is 0. The van der Waals surface area contributed by atoms with Crippen molar-refractivity contribution >= 4 is 17.2 Å². The minimum atomic E-state index is -0.00892. The van der Waals surface area contributed by atoms with Gasteiger partial charge in [-0.25, -0.2) is 0 Å². The van der Waals surface area contributed by atoms with Crippen molar-refractivity contribution in [1.29, 1.82) is 0 Å². The second-order valence-electron chi connectivity index (χ2n) is 6.43. The van der Waals surface area contributed by atoms with Crippen molar-refractivity contribution in [1.82, 2.24) is 10.2 Å². The summed E-state index contributed by atoms with van der Waals surface area (Å²) in [5.41, 5.74) is 2.41. The molecule has 128 valence electrons. The molecule has 1 aliphatic heterocycles. The summed E-state index contributed by atoms with van der Waals surface area (Å²) in [5.74, 6) is -0.00892. The SMILES string of the molecule is CC1CN(Cc2ccc(CNC(=O)c3cccs3)cc2)CC(C)O1. The summed E-state index contributed by atoms with van der Waals surface area (Å²) in [6.45, 7) is 7.71. The normalized spacial score (nSPS) is 21.6. The summed E-state index contributed by atoms with van der Waals surface area (Å²) >= 11 is 1.46. The van der Waals surface area contributed by atoms with Crippen LogP contribution in [0.2, 0.25) is 0 Å². The Labute approximate surface area is 147 Å². The number of morpholine rings is 1. The van der Waals surface area contributed by atoms with Crippen molar-refractivity contribution < 1.29 is 9.53 Å².